The second kappa shape index (κ2) is 6.04. The summed E-state index contributed by atoms with van der Waals surface area (Å²) in [5.41, 5.74) is 0.489. The van der Waals surface area contributed by atoms with Crippen LogP contribution in [0.3, 0.4) is 0 Å². The molecule has 0 saturated carbocycles. The number of nitrogens with one attached hydrogen (secondary N) is 1. The summed E-state index contributed by atoms with van der Waals surface area (Å²) in [6.07, 6.45) is 5.41. The van der Waals surface area contributed by atoms with Gasteiger partial charge in [0.05, 0.1) is 17.4 Å². The van der Waals surface area contributed by atoms with Crippen molar-refractivity contribution >= 4 is 34.9 Å². The van der Waals surface area contributed by atoms with E-state index < -0.39 is 0 Å². The van der Waals surface area contributed by atoms with Crippen LogP contribution >= 0.6 is 23.2 Å². The molecule has 7 heteroatoms. The summed E-state index contributed by atoms with van der Waals surface area (Å²) in [5, 5.41) is 3.45. The van der Waals surface area contributed by atoms with Crippen molar-refractivity contribution in [3.63, 3.8) is 0 Å². The van der Waals surface area contributed by atoms with Crippen molar-refractivity contribution in [2.45, 2.75) is 19.9 Å². The van der Waals surface area contributed by atoms with Gasteiger partial charge < -0.3 is 9.88 Å². The topological polar surface area (TPSA) is 59.8 Å². The first-order chi connectivity index (χ1) is 9.10. The first-order valence-corrected chi connectivity index (χ1v) is 6.50. The summed E-state index contributed by atoms with van der Waals surface area (Å²) in [6.45, 7) is 2.75. The van der Waals surface area contributed by atoms with Crippen LogP contribution in [0.5, 0.6) is 0 Å². The predicted molar refractivity (Wildman–Crippen MR) is 74.7 cm³/mol. The predicted octanol–water partition coefficient (Wildman–Crippen LogP) is 3.25. The lowest BCUT2D eigenvalue weighted by atomic mass is 10.3. The molecule has 5 nitrogen and oxygen atoms in total. The fraction of sp³-hybridized carbons (Fsp3) is 0.250. The Morgan fingerprint density at radius 1 is 1.37 bits per heavy atom. The fourth-order valence-corrected chi connectivity index (χ4v) is 1.97. The number of nitrogens with zero attached hydrogens (tertiary/aromatic N) is 3. The van der Waals surface area contributed by atoms with Crippen molar-refractivity contribution in [2.24, 2.45) is 0 Å². The third kappa shape index (κ3) is 3.45. The zero-order valence-electron chi connectivity index (χ0n) is 10.2. The van der Waals surface area contributed by atoms with Gasteiger partial charge in [-0.3, -0.25) is 4.79 Å². The number of rotatable bonds is 4. The van der Waals surface area contributed by atoms with E-state index in [2.05, 4.69) is 15.3 Å². The lowest BCUT2D eigenvalue weighted by molar-refractivity contribution is 0.101. The standard InChI is InChI=1S/C12H12Cl2N4O/c1-2-3-18-7-8(13)4-9(18)12(19)17-11-6-15-10(14)5-16-11/h4-7H,2-3H2,1H3,(H,16,17,19). The van der Waals surface area contributed by atoms with E-state index in [9.17, 15) is 4.79 Å². The molecule has 0 aromatic carbocycles. The Morgan fingerprint density at radius 3 is 2.79 bits per heavy atom. The van der Waals surface area contributed by atoms with E-state index in [0.29, 0.717) is 16.5 Å². The Bertz CT molecular complexity index is 580. The van der Waals surface area contributed by atoms with Crippen LogP contribution in [-0.2, 0) is 6.54 Å². The monoisotopic (exact) mass is 298 g/mol. The molecule has 2 heterocycles. The van der Waals surface area contributed by atoms with Crippen LogP contribution in [0.25, 0.3) is 0 Å². The van der Waals surface area contributed by atoms with E-state index in [1.165, 1.54) is 12.4 Å². The number of anilines is 1. The first kappa shape index (κ1) is 13.8. The maximum atomic E-state index is 12.1. The molecule has 1 N–H and O–H groups in total. The van der Waals surface area contributed by atoms with E-state index >= 15 is 0 Å². The van der Waals surface area contributed by atoms with Gasteiger partial charge >= 0.3 is 0 Å². The zero-order chi connectivity index (χ0) is 13.8. The largest absolute Gasteiger partial charge is 0.342 e. The van der Waals surface area contributed by atoms with Crippen molar-refractivity contribution in [3.8, 4) is 0 Å². The first-order valence-electron chi connectivity index (χ1n) is 5.74. The SMILES string of the molecule is CCCn1cc(Cl)cc1C(=O)Nc1cnc(Cl)cn1. The van der Waals surface area contributed by atoms with Crippen molar-refractivity contribution in [3.05, 3.63) is 40.5 Å². The summed E-state index contributed by atoms with van der Waals surface area (Å²) in [6, 6.07) is 1.62. The second-order valence-corrected chi connectivity index (χ2v) is 4.74. The smallest absolute Gasteiger partial charge is 0.273 e. The molecule has 0 aliphatic rings. The number of amides is 1. The summed E-state index contributed by atoms with van der Waals surface area (Å²) in [5.74, 6) is 0.0618. The summed E-state index contributed by atoms with van der Waals surface area (Å²) >= 11 is 11.6. The molecule has 19 heavy (non-hydrogen) atoms. The van der Waals surface area contributed by atoms with E-state index in [-0.39, 0.29) is 11.1 Å². The molecule has 0 saturated heterocycles. The molecule has 0 aliphatic heterocycles. The van der Waals surface area contributed by atoms with Crippen LogP contribution in [0, 0.1) is 0 Å². The van der Waals surface area contributed by atoms with Gasteiger partial charge in [-0.2, -0.15) is 0 Å². The lowest BCUT2D eigenvalue weighted by Gasteiger charge is -2.07. The maximum Gasteiger partial charge on any atom is 0.273 e. The van der Waals surface area contributed by atoms with E-state index in [1.54, 1.807) is 16.8 Å². The highest BCUT2D eigenvalue weighted by atomic mass is 35.5. The van der Waals surface area contributed by atoms with E-state index in [0.717, 1.165) is 13.0 Å². The molecule has 0 fully saturated rings. The van der Waals surface area contributed by atoms with E-state index in [4.69, 9.17) is 23.2 Å². The molecule has 0 atom stereocenters. The van der Waals surface area contributed by atoms with Crippen molar-refractivity contribution in [1.82, 2.24) is 14.5 Å². The lowest BCUT2D eigenvalue weighted by Crippen LogP contribution is -2.17. The van der Waals surface area contributed by atoms with Crippen molar-refractivity contribution < 1.29 is 4.79 Å². The molecule has 0 radical (unpaired) electrons. The number of hydrogen-bond acceptors (Lipinski definition) is 3. The van der Waals surface area contributed by atoms with Crippen LogP contribution in [-0.4, -0.2) is 20.4 Å². The van der Waals surface area contributed by atoms with Gasteiger partial charge in [0, 0.05) is 12.7 Å². The molecule has 1 amide bonds. The Kier molecular flexibility index (Phi) is 4.39. The number of halogens is 2. The van der Waals surface area contributed by atoms with Gasteiger partial charge in [-0.05, 0) is 12.5 Å². The van der Waals surface area contributed by atoms with Gasteiger partial charge in [0.2, 0.25) is 0 Å². The van der Waals surface area contributed by atoms with Crippen LogP contribution in [0.1, 0.15) is 23.8 Å². The molecule has 2 aromatic heterocycles. The summed E-state index contributed by atoms with van der Waals surface area (Å²) < 4.78 is 1.81. The molecular weight excluding hydrogens is 287 g/mol. The van der Waals surface area contributed by atoms with Crippen molar-refractivity contribution in [1.29, 1.82) is 0 Å². The van der Waals surface area contributed by atoms with Crippen LogP contribution in [0.4, 0.5) is 5.82 Å². The van der Waals surface area contributed by atoms with Crippen LogP contribution in [0.2, 0.25) is 10.2 Å². The molecule has 2 rings (SSSR count). The van der Waals surface area contributed by atoms with Crippen LogP contribution < -0.4 is 5.32 Å². The molecule has 100 valence electrons. The highest BCUT2D eigenvalue weighted by Crippen LogP contribution is 2.16. The average molecular weight is 299 g/mol. The molecule has 0 unspecified atom stereocenters. The van der Waals surface area contributed by atoms with Crippen LogP contribution in [0.15, 0.2) is 24.7 Å². The number of carbonyl (C=O) groups is 1. The third-order valence-corrected chi connectivity index (χ3v) is 2.82. The minimum absolute atomic E-state index is 0.274. The molecule has 0 spiro atoms. The Hall–Kier alpha value is -1.59. The third-order valence-electron chi connectivity index (χ3n) is 2.42. The van der Waals surface area contributed by atoms with Crippen molar-refractivity contribution in [2.75, 3.05) is 5.32 Å². The summed E-state index contributed by atoms with van der Waals surface area (Å²) in [4.78, 5) is 19.9. The molecule has 2 aromatic rings. The number of carbonyl (C=O) groups excluding carboxylic acids is 1. The Balaban J connectivity index is 2.17. The van der Waals surface area contributed by atoms with E-state index in [1.807, 2.05) is 6.92 Å². The fourth-order valence-electron chi connectivity index (χ4n) is 1.65. The maximum absolute atomic E-state index is 12.1. The molecule has 0 bridgehead atoms. The normalized spacial score (nSPS) is 10.5. The second-order valence-electron chi connectivity index (χ2n) is 3.92. The minimum Gasteiger partial charge on any atom is -0.342 e. The Labute approximate surface area is 120 Å². The number of aromatic nitrogens is 3. The number of aryl methyl sites for hydroxylation is 1. The Morgan fingerprint density at radius 2 is 2.16 bits per heavy atom. The molecule has 0 aliphatic carbocycles. The minimum atomic E-state index is -0.281. The van der Waals surface area contributed by atoms with Gasteiger partial charge in [-0.1, -0.05) is 30.1 Å². The average Bonchev–Trinajstić information content (AvgIpc) is 2.74. The summed E-state index contributed by atoms with van der Waals surface area (Å²) in [7, 11) is 0. The quantitative estimate of drug-likeness (QED) is 0.942. The van der Waals surface area contributed by atoms with Gasteiger partial charge in [0.25, 0.3) is 5.91 Å². The molecular formula is C12H12Cl2N4O. The van der Waals surface area contributed by atoms with Gasteiger partial charge in [0.15, 0.2) is 5.82 Å². The zero-order valence-corrected chi connectivity index (χ0v) is 11.7. The number of hydrogen-bond donors (Lipinski definition) is 1. The van der Waals surface area contributed by atoms with Gasteiger partial charge in [0.1, 0.15) is 10.8 Å². The highest BCUT2D eigenvalue weighted by molar-refractivity contribution is 6.31. The highest BCUT2D eigenvalue weighted by Gasteiger charge is 2.13. The van der Waals surface area contributed by atoms with Gasteiger partial charge in [-0.25, -0.2) is 9.97 Å². The van der Waals surface area contributed by atoms with Gasteiger partial charge in [-0.15, -0.1) is 0 Å².